The van der Waals surface area contributed by atoms with Crippen LogP contribution in [-0.2, 0) is 4.79 Å². The Morgan fingerprint density at radius 1 is 1.11 bits per heavy atom. The van der Waals surface area contributed by atoms with E-state index in [4.69, 9.17) is 14.6 Å². The van der Waals surface area contributed by atoms with Crippen LogP contribution in [0, 0.1) is 12.3 Å². The third-order valence-corrected chi connectivity index (χ3v) is 3.06. The van der Waals surface area contributed by atoms with Gasteiger partial charge in [-0.1, -0.05) is 0 Å². The van der Waals surface area contributed by atoms with Gasteiger partial charge in [0.05, 0.1) is 19.8 Å². The van der Waals surface area contributed by atoms with Gasteiger partial charge in [-0.05, 0) is 38.5 Å². The largest absolute Gasteiger partial charge is 0.496 e. The molecule has 0 heterocycles. The molecular formula is C14H18O5. The number of methoxy groups -OCH3 is 2. The van der Waals surface area contributed by atoms with Crippen molar-refractivity contribution in [3.8, 4) is 11.5 Å². The summed E-state index contributed by atoms with van der Waals surface area (Å²) in [6, 6.07) is 3.17. The number of aliphatic carboxylic acids is 1. The van der Waals surface area contributed by atoms with E-state index >= 15 is 0 Å². The molecule has 0 bridgehead atoms. The van der Waals surface area contributed by atoms with Gasteiger partial charge in [-0.3, -0.25) is 9.59 Å². The van der Waals surface area contributed by atoms with Crippen molar-refractivity contribution in [3.63, 3.8) is 0 Å². The second kappa shape index (κ2) is 5.30. The topological polar surface area (TPSA) is 72.8 Å². The van der Waals surface area contributed by atoms with Gasteiger partial charge in [-0.2, -0.15) is 0 Å². The first kappa shape index (κ1) is 15.0. The van der Waals surface area contributed by atoms with Crippen molar-refractivity contribution in [1.29, 1.82) is 0 Å². The van der Waals surface area contributed by atoms with Gasteiger partial charge >= 0.3 is 5.97 Å². The Bertz CT molecular complexity index is 517. The summed E-state index contributed by atoms with van der Waals surface area (Å²) in [6.45, 7) is 4.55. The van der Waals surface area contributed by atoms with Crippen LogP contribution in [0.1, 0.15) is 29.8 Å². The Labute approximate surface area is 112 Å². The number of carboxylic acids is 1. The Hall–Kier alpha value is -2.04. The molecule has 0 saturated carbocycles. The summed E-state index contributed by atoms with van der Waals surface area (Å²) < 4.78 is 10.3. The molecule has 0 saturated heterocycles. The Kier molecular flexibility index (Phi) is 4.19. The average molecular weight is 266 g/mol. The highest BCUT2D eigenvalue weighted by Crippen LogP contribution is 2.33. The van der Waals surface area contributed by atoms with E-state index in [1.165, 1.54) is 34.1 Å². The van der Waals surface area contributed by atoms with Crippen LogP contribution in [0.25, 0.3) is 0 Å². The fourth-order valence-electron chi connectivity index (χ4n) is 1.66. The number of aryl methyl sites for hydroxylation is 1. The minimum atomic E-state index is -1.52. The molecule has 0 aromatic heterocycles. The molecular weight excluding hydrogens is 248 g/mol. The van der Waals surface area contributed by atoms with Crippen LogP contribution in [0.15, 0.2) is 12.1 Å². The van der Waals surface area contributed by atoms with Crippen LogP contribution < -0.4 is 9.47 Å². The van der Waals surface area contributed by atoms with Gasteiger partial charge in [-0.15, -0.1) is 0 Å². The molecule has 0 amide bonds. The molecule has 0 unspecified atom stereocenters. The van der Waals surface area contributed by atoms with Crippen LogP contribution in [0.3, 0.4) is 0 Å². The van der Waals surface area contributed by atoms with Gasteiger partial charge in [0.1, 0.15) is 16.9 Å². The number of hydrogen-bond donors (Lipinski definition) is 1. The SMILES string of the molecule is COc1cc(C(=O)C(C)(C)C(=O)O)c(OC)cc1C. The predicted octanol–water partition coefficient (Wildman–Crippen LogP) is 2.31. The molecule has 1 N–H and O–H groups in total. The monoisotopic (exact) mass is 266 g/mol. The molecule has 0 radical (unpaired) electrons. The van der Waals surface area contributed by atoms with Crippen molar-refractivity contribution in [2.45, 2.75) is 20.8 Å². The highest BCUT2D eigenvalue weighted by atomic mass is 16.5. The first-order valence-corrected chi connectivity index (χ1v) is 5.76. The Morgan fingerprint density at radius 2 is 1.63 bits per heavy atom. The van der Waals surface area contributed by atoms with Crippen molar-refractivity contribution >= 4 is 11.8 Å². The van der Waals surface area contributed by atoms with Gasteiger partial charge in [0.2, 0.25) is 0 Å². The van der Waals surface area contributed by atoms with Crippen LogP contribution in [0.4, 0.5) is 0 Å². The molecule has 0 fully saturated rings. The standard InChI is InChI=1S/C14H18O5/c1-8-6-11(19-5)9(7-10(8)18-4)12(15)14(2,3)13(16)17/h6-7H,1-5H3,(H,16,17). The molecule has 0 aliphatic rings. The third kappa shape index (κ3) is 2.70. The molecule has 5 nitrogen and oxygen atoms in total. The molecule has 0 spiro atoms. The van der Waals surface area contributed by atoms with Crippen LogP contribution in [0.2, 0.25) is 0 Å². The number of carbonyl (C=O) groups excluding carboxylic acids is 1. The molecule has 0 aliphatic heterocycles. The lowest BCUT2D eigenvalue weighted by Gasteiger charge is -2.20. The maximum Gasteiger partial charge on any atom is 0.317 e. The summed E-state index contributed by atoms with van der Waals surface area (Å²) in [4.78, 5) is 23.5. The fourth-order valence-corrected chi connectivity index (χ4v) is 1.66. The van der Waals surface area contributed by atoms with Gasteiger partial charge in [0.15, 0.2) is 5.78 Å². The molecule has 1 aromatic rings. The van der Waals surface area contributed by atoms with E-state index in [0.29, 0.717) is 11.5 Å². The summed E-state index contributed by atoms with van der Waals surface area (Å²) in [5.74, 6) is -0.836. The summed E-state index contributed by atoms with van der Waals surface area (Å²) >= 11 is 0. The molecule has 19 heavy (non-hydrogen) atoms. The maximum atomic E-state index is 12.4. The minimum Gasteiger partial charge on any atom is -0.496 e. The zero-order valence-corrected chi connectivity index (χ0v) is 11.7. The highest BCUT2D eigenvalue weighted by molar-refractivity contribution is 6.12. The summed E-state index contributed by atoms with van der Waals surface area (Å²) in [5, 5.41) is 9.12. The van der Waals surface area contributed by atoms with Crippen molar-refractivity contribution in [2.75, 3.05) is 14.2 Å². The lowest BCUT2D eigenvalue weighted by atomic mass is 9.83. The zero-order valence-electron chi connectivity index (χ0n) is 11.7. The quantitative estimate of drug-likeness (QED) is 0.654. The number of carbonyl (C=O) groups is 2. The first-order chi connectivity index (χ1) is 8.75. The number of hydrogen-bond acceptors (Lipinski definition) is 4. The van der Waals surface area contributed by atoms with E-state index in [1.54, 1.807) is 6.07 Å². The number of Topliss-reactive ketones (excluding diaryl/α,β-unsaturated/α-hetero) is 1. The smallest absolute Gasteiger partial charge is 0.317 e. The Morgan fingerprint density at radius 3 is 2.05 bits per heavy atom. The van der Waals surface area contributed by atoms with Gasteiger partial charge in [-0.25, -0.2) is 0 Å². The average Bonchev–Trinajstić information content (AvgIpc) is 2.37. The lowest BCUT2D eigenvalue weighted by molar-refractivity contribution is -0.144. The summed E-state index contributed by atoms with van der Waals surface area (Å²) in [7, 11) is 2.93. The lowest BCUT2D eigenvalue weighted by Crippen LogP contribution is -2.33. The van der Waals surface area contributed by atoms with Crippen molar-refractivity contribution in [3.05, 3.63) is 23.3 Å². The van der Waals surface area contributed by atoms with Crippen LogP contribution >= 0.6 is 0 Å². The Balaban J connectivity index is 3.41. The van der Waals surface area contributed by atoms with Crippen LogP contribution in [0.5, 0.6) is 11.5 Å². The second-order valence-corrected chi connectivity index (χ2v) is 4.78. The van der Waals surface area contributed by atoms with Crippen molar-refractivity contribution in [2.24, 2.45) is 5.41 Å². The highest BCUT2D eigenvalue weighted by Gasteiger charge is 2.38. The first-order valence-electron chi connectivity index (χ1n) is 5.76. The number of ketones is 1. The summed E-state index contributed by atoms with van der Waals surface area (Å²) in [6.07, 6.45) is 0. The number of rotatable bonds is 5. The van der Waals surface area contributed by atoms with E-state index in [1.807, 2.05) is 6.92 Å². The van der Waals surface area contributed by atoms with Gasteiger partial charge in [0.25, 0.3) is 0 Å². The zero-order chi connectivity index (χ0) is 14.8. The van der Waals surface area contributed by atoms with Gasteiger partial charge < -0.3 is 14.6 Å². The second-order valence-electron chi connectivity index (χ2n) is 4.78. The maximum absolute atomic E-state index is 12.4. The fraction of sp³-hybridized carbons (Fsp3) is 0.429. The van der Waals surface area contributed by atoms with Crippen LogP contribution in [-0.4, -0.2) is 31.1 Å². The number of benzene rings is 1. The molecule has 0 atom stereocenters. The number of ether oxygens (including phenoxy) is 2. The van der Waals surface area contributed by atoms with E-state index in [-0.39, 0.29) is 5.56 Å². The molecule has 104 valence electrons. The van der Waals surface area contributed by atoms with E-state index < -0.39 is 17.2 Å². The normalized spacial score (nSPS) is 11.0. The van der Waals surface area contributed by atoms with E-state index in [0.717, 1.165) is 5.56 Å². The van der Waals surface area contributed by atoms with E-state index in [2.05, 4.69) is 0 Å². The van der Waals surface area contributed by atoms with Gasteiger partial charge in [0, 0.05) is 0 Å². The predicted molar refractivity (Wildman–Crippen MR) is 70.0 cm³/mol. The minimum absolute atomic E-state index is 0.206. The van der Waals surface area contributed by atoms with Crippen molar-refractivity contribution < 1.29 is 24.2 Å². The summed E-state index contributed by atoms with van der Waals surface area (Å²) in [5.41, 5.74) is -0.505. The number of carboxylic acid groups (broad SMARTS) is 1. The molecule has 1 aromatic carbocycles. The molecule has 0 aliphatic carbocycles. The van der Waals surface area contributed by atoms with Crippen molar-refractivity contribution in [1.82, 2.24) is 0 Å². The third-order valence-electron chi connectivity index (χ3n) is 3.06. The van der Waals surface area contributed by atoms with E-state index in [9.17, 15) is 9.59 Å². The molecule has 1 rings (SSSR count). The molecule has 5 heteroatoms.